The standard InChI is InChI=1S/C13H20ClNO3S/c1-4-18-8-7-15(3)19(16,17)13-6-5-11(2)12(9-13)10-14/h5-6,9H,4,7-8,10H2,1-3H3. The number of hydrogen-bond donors (Lipinski definition) is 0. The lowest BCUT2D eigenvalue weighted by atomic mass is 10.1. The quantitative estimate of drug-likeness (QED) is 0.574. The van der Waals surface area contributed by atoms with Crippen molar-refractivity contribution in [2.75, 3.05) is 26.8 Å². The van der Waals surface area contributed by atoms with Crippen molar-refractivity contribution in [1.29, 1.82) is 0 Å². The minimum atomic E-state index is -3.47. The molecule has 0 spiro atoms. The third-order valence-electron chi connectivity index (χ3n) is 2.93. The van der Waals surface area contributed by atoms with Crippen LogP contribution in [0.25, 0.3) is 0 Å². The first-order valence-electron chi connectivity index (χ1n) is 6.13. The molecule has 0 aliphatic rings. The van der Waals surface area contributed by atoms with E-state index in [0.717, 1.165) is 11.1 Å². The molecule has 6 heteroatoms. The van der Waals surface area contributed by atoms with Crippen LogP contribution in [0.1, 0.15) is 18.1 Å². The Kier molecular flexibility index (Phi) is 6.26. The van der Waals surface area contributed by atoms with E-state index in [9.17, 15) is 8.42 Å². The lowest BCUT2D eigenvalue weighted by molar-refractivity contribution is 0.138. The molecule has 0 unspecified atom stereocenters. The molecule has 1 rings (SSSR count). The fourth-order valence-electron chi connectivity index (χ4n) is 1.59. The van der Waals surface area contributed by atoms with E-state index < -0.39 is 10.0 Å². The second kappa shape index (κ2) is 7.24. The SMILES string of the molecule is CCOCCN(C)S(=O)(=O)c1ccc(C)c(CCl)c1. The zero-order valence-corrected chi connectivity index (χ0v) is 13.1. The van der Waals surface area contributed by atoms with Gasteiger partial charge in [-0.1, -0.05) is 6.07 Å². The van der Waals surface area contributed by atoms with Crippen LogP contribution in [0, 0.1) is 6.92 Å². The maximum Gasteiger partial charge on any atom is 0.242 e. The van der Waals surface area contributed by atoms with E-state index in [0.29, 0.717) is 25.6 Å². The second-order valence-electron chi connectivity index (χ2n) is 4.25. The molecule has 0 saturated heterocycles. The molecular formula is C13H20ClNO3S. The summed E-state index contributed by atoms with van der Waals surface area (Å²) < 4.78 is 31.1. The largest absolute Gasteiger partial charge is 0.380 e. The van der Waals surface area contributed by atoms with E-state index in [1.54, 1.807) is 25.2 Å². The van der Waals surface area contributed by atoms with Crippen LogP contribution in [0.5, 0.6) is 0 Å². The number of likely N-dealkylation sites (N-methyl/N-ethyl adjacent to an activating group) is 1. The molecular weight excluding hydrogens is 286 g/mol. The average molecular weight is 306 g/mol. The Hall–Kier alpha value is -0.620. The molecule has 0 aliphatic carbocycles. The lowest BCUT2D eigenvalue weighted by Crippen LogP contribution is -2.30. The van der Waals surface area contributed by atoms with Gasteiger partial charge in [0.1, 0.15) is 0 Å². The molecule has 1 aromatic carbocycles. The van der Waals surface area contributed by atoms with E-state index in [1.165, 1.54) is 4.31 Å². The van der Waals surface area contributed by atoms with Crippen molar-refractivity contribution in [1.82, 2.24) is 4.31 Å². The normalized spacial score (nSPS) is 12.1. The van der Waals surface area contributed by atoms with Crippen LogP contribution in [-0.2, 0) is 20.6 Å². The van der Waals surface area contributed by atoms with Gasteiger partial charge < -0.3 is 4.74 Å². The van der Waals surface area contributed by atoms with Crippen LogP contribution in [0.3, 0.4) is 0 Å². The van der Waals surface area contributed by atoms with Crippen LogP contribution >= 0.6 is 11.6 Å². The van der Waals surface area contributed by atoms with Crippen molar-refractivity contribution < 1.29 is 13.2 Å². The third kappa shape index (κ3) is 4.18. The van der Waals surface area contributed by atoms with Gasteiger partial charge in [0.25, 0.3) is 0 Å². The Morgan fingerprint density at radius 1 is 1.37 bits per heavy atom. The molecule has 0 radical (unpaired) electrons. The second-order valence-corrected chi connectivity index (χ2v) is 6.56. The summed E-state index contributed by atoms with van der Waals surface area (Å²) in [5, 5.41) is 0. The molecule has 1 aromatic rings. The number of sulfonamides is 1. The third-order valence-corrected chi connectivity index (χ3v) is 5.07. The lowest BCUT2D eigenvalue weighted by Gasteiger charge is -2.17. The maximum absolute atomic E-state index is 12.3. The summed E-state index contributed by atoms with van der Waals surface area (Å²) in [6, 6.07) is 5.02. The van der Waals surface area contributed by atoms with Crippen LogP contribution in [0.15, 0.2) is 23.1 Å². The van der Waals surface area contributed by atoms with E-state index >= 15 is 0 Å². The number of alkyl halides is 1. The fraction of sp³-hybridized carbons (Fsp3) is 0.538. The molecule has 0 N–H and O–H groups in total. The summed E-state index contributed by atoms with van der Waals surface area (Å²) in [5.41, 5.74) is 1.83. The van der Waals surface area contributed by atoms with Gasteiger partial charge in [-0.2, -0.15) is 4.31 Å². The van der Waals surface area contributed by atoms with Gasteiger partial charge in [0.2, 0.25) is 10.0 Å². The van der Waals surface area contributed by atoms with Gasteiger partial charge in [-0.05, 0) is 37.1 Å². The van der Waals surface area contributed by atoms with Crippen molar-refractivity contribution in [2.24, 2.45) is 0 Å². The van der Waals surface area contributed by atoms with Crippen molar-refractivity contribution >= 4 is 21.6 Å². The van der Waals surface area contributed by atoms with Crippen LogP contribution in [0.4, 0.5) is 0 Å². The number of benzene rings is 1. The first kappa shape index (κ1) is 16.4. The number of ether oxygens (including phenoxy) is 1. The highest BCUT2D eigenvalue weighted by Crippen LogP contribution is 2.19. The molecule has 0 aliphatic heterocycles. The minimum absolute atomic E-state index is 0.271. The number of aryl methyl sites for hydroxylation is 1. The van der Waals surface area contributed by atoms with Gasteiger partial charge in [-0.3, -0.25) is 0 Å². The maximum atomic E-state index is 12.3. The molecule has 0 atom stereocenters. The Morgan fingerprint density at radius 2 is 2.05 bits per heavy atom. The number of halogens is 1. The number of nitrogens with zero attached hydrogens (tertiary/aromatic N) is 1. The summed E-state index contributed by atoms with van der Waals surface area (Å²) >= 11 is 5.81. The summed E-state index contributed by atoms with van der Waals surface area (Å²) in [4.78, 5) is 0.271. The van der Waals surface area contributed by atoms with E-state index in [1.807, 2.05) is 13.8 Å². The zero-order valence-electron chi connectivity index (χ0n) is 11.5. The van der Waals surface area contributed by atoms with Gasteiger partial charge in [-0.25, -0.2) is 8.42 Å². The molecule has 108 valence electrons. The van der Waals surface area contributed by atoms with E-state index in [2.05, 4.69) is 0 Å². The molecule has 0 amide bonds. The highest BCUT2D eigenvalue weighted by molar-refractivity contribution is 7.89. The predicted molar refractivity (Wildman–Crippen MR) is 77.0 cm³/mol. The minimum Gasteiger partial charge on any atom is -0.380 e. The molecule has 0 fully saturated rings. The van der Waals surface area contributed by atoms with E-state index in [-0.39, 0.29) is 4.90 Å². The fourth-order valence-corrected chi connectivity index (χ4v) is 3.08. The van der Waals surface area contributed by atoms with Crippen molar-refractivity contribution in [3.05, 3.63) is 29.3 Å². The van der Waals surface area contributed by atoms with Gasteiger partial charge in [0.05, 0.1) is 11.5 Å². The Labute approximate surface area is 120 Å². The van der Waals surface area contributed by atoms with Gasteiger partial charge >= 0.3 is 0 Å². The van der Waals surface area contributed by atoms with Crippen molar-refractivity contribution in [3.63, 3.8) is 0 Å². The Bertz CT molecular complexity index is 517. The summed E-state index contributed by atoms with van der Waals surface area (Å²) in [6.45, 7) is 5.09. The van der Waals surface area contributed by atoms with Crippen LogP contribution < -0.4 is 0 Å². The number of rotatable bonds is 7. The van der Waals surface area contributed by atoms with Gasteiger partial charge in [0.15, 0.2) is 0 Å². The first-order chi connectivity index (χ1) is 8.93. The first-order valence-corrected chi connectivity index (χ1v) is 8.10. The predicted octanol–water partition coefficient (Wildman–Crippen LogP) is 2.39. The molecule has 0 heterocycles. The van der Waals surface area contributed by atoms with Gasteiger partial charge in [0, 0.05) is 26.1 Å². The van der Waals surface area contributed by atoms with Gasteiger partial charge in [-0.15, -0.1) is 11.6 Å². The topological polar surface area (TPSA) is 46.6 Å². The Morgan fingerprint density at radius 3 is 2.63 bits per heavy atom. The van der Waals surface area contributed by atoms with Crippen molar-refractivity contribution in [2.45, 2.75) is 24.6 Å². The molecule has 0 aromatic heterocycles. The smallest absolute Gasteiger partial charge is 0.242 e. The van der Waals surface area contributed by atoms with Crippen molar-refractivity contribution in [3.8, 4) is 0 Å². The monoisotopic (exact) mass is 305 g/mol. The average Bonchev–Trinajstić information content (AvgIpc) is 2.39. The molecule has 19 heavy (non-hydrogen) atoms. The van der Waals surface area contributed by atoms with E-state index in [4.69, 9.17) is 16.3 Å². The molecule has 0 saturated carbocycles. The summed E-state index contributed by atoms with van der Waals surface area (Å²) in [5.74, 6) is 0.303. The molecule has 4 nitrogen and oxygen atoms in total. The van der Waals surface area contributed by atoms with Crippen LogP contribution in [-0.4, -0.2) is 39.5 Å². The summed E-state index contributed by atoms with van der Waals surface area (Å²) in [6.07, 6.45) is 0. The Balaban J connectivity index is 2.93. The number of hydrogen-bond acceptors (Lipinski definition) is 3. The highest BCUT2D eigenvalue weighted by atomic mass is 35.5. The molecule has 0 bridgehead atoms. The van der Waals surface area contributed by atoms with Crippen LogP contribution in [0.2, 0.25) is 0 Å². The highest BCUT2D eigenvalue weighted by Gasteiger charge is 2.21. The zero-order chi connectivity index (χ0) is 14.5. The summed E-state index contributed by atoms with van der Waals surface area (Å²) in [7, 11) is -1.92.